The molecule has 2 N–H and O–H groups in total. The molecular formula is C18H18F4N4O4. The van der Waals surface area contributed by atoms with Gasteiger partial charge in [0, 0.05) is 0 Å². The standard InChI is InChI=1S/C18H18F4N4O4/c1-9(11-4-3-5-12(6-11)30-18(20,21)22)24-16-23-7-13(19)15(25-16)26-14(10(2)27)8-29-17(26)28/h3-7,9-10,14,27H,8H2,1-2H3,(H,23,24,25)/t9-,10+,14?/m0/s1. The van der Waals surface area contributed by atoms with E-state index in [1.807, 2.05) is 0 Å². The summed E-state index contributed by atoms with van der Waals surface area (Å²) in [5.41, 5.74) is 0.425. The summed E-state index contributed by atoms with van der Waals surface area (Å²) in [5, 5.41) is 12.6. The largest absolute Gasteiger partial charge is 0.573 e. The van der Waals surface area contributed by atoms with Gasteiger partial charge in [-0.3, -0.25) is 0 Å². The summed E-state index contributed by atoms with van der Waals surface area (Å²) < 4.78 is 60.3. The van der Waals surface area contributed by atoms with E-state index >= 15 is 0 Å². The predicted molar refractivity (Wildman–Crippen MR) is 96.4 cm³/mol. The first-order valence-electron chi connectivity index (χ1n) is 8.84. The van der Waals surface area contributed by atoms with Crippen molar-refractivity contribution in [3.63, 3.8) is 0 Å². The summed E-state index contributed by atoms with van der Waals surface area (Å²) in [6, 6.07) is 3.88. The van der Waals surface area contributed by atoms with Gasteiger partial charge in [-0.2, -0.15) is 4.98 Å². The van der Waals surface area contributed by atoms with Gasteiger partial charge in [0.2, 0.25) is 5.95 Å². The predicted octanol–water partition coefficient (Wildman–Crippen LogP) is 3.39. The molecule has 12 heteroatoms. The topological polar surface area (TPSA) is 96.8 Å². The number of alkyl halides is 3. The first-order valence-corrected chi connectivity index (χ1v) is 8.84. The fraction of sp³-hybridized carbons (Fsp3) is 0.389. The number of carbonyl (C=O) groups excluding carboxylic acids is 1. The van der Waals surface area contributed by atoms with Crippen LogP contribution in [-0.4, -0.2) is 46.3 Å². The Labute approximate surface area is 168 Å². The number of ether oxygens (including phenoxy) is 2. The van der Waals surface area contributed by atoms with Crippen molar-refractivity contribution in [2.75, 3.05) is 16.8 Å². The second kappa shape index (κ2) is 8.30. The van der Waals surface area contributed by atoms with E-state index in [-0.39, 0.29) is 18.4 Å². The molecule has 8 nitrogen and oxygen atoms in total. The Morgan fingerprint density at radius 2 is 2.10 bits per heavy atom. The third-order valence-electron chi connectivity index (χ3n) is 4.35. The SMILES string of the molecule is C[C@H](Nc1ncc(F)c(N2C(=O)OCC2[C@@H](C)O)n1)c1cccc(OC(F)(F)F)c1. The minimum absolute atomic E-state index is 0.0786. The van der Waals surface area contributed by atoms with E-state index in [1.54, 1.807) is 13.0 Å². The van der Waals surface area contributed by atoms with Crippen molar-refractivity contribution < 1.29 is 36.9 Å². The Kier molecular flexibility index (Phi) is 5.97. The minimum atomic E-state index is -4.82. The number of rotatable bonds is 6. The van der Waals surface area contributed by atoms with Gasteiger partial charge in [0.25, 0.3) is 0 Å². The quantitative estimate of drug-likeness (QED) is 0.678. The molecule has 1 amide bonds. The molecule has 3 rings (SSSR count). The zero-order chi connectivity index (χ0) is 22.1. The molecular weight excluding hydrogens is 412 g/mol. The van der Waals surface area contributed by atoms with E-state index < -0.39 is 42.2 Å². The molecule has 1 fully saturated rings. The maximum Gasteiger partial charge on any atom is 0.573 e. The maximum atomic E-state index is 14.3. The van der Waals surface area contributed by atoms with Gasteiger partial charge in [-0.15, -0.1) is 13.2 Å². The number of aromatic nitrogens is 2. The molecule has 0 radical (unpaired) electrons. The summed E-state index contributed by atoms with van der Waals surface area (Å²) in [6.07, 6.45) is -5.85. The lowest BCUT2D eigenvalue weighted by Crippen LogP contribution is -2.42. The van der Waals surface area contributed by atoms with E-state index in [4.69, 9.17) is 4.74 Å². The smallest absolute Gasteiger partial charge is 0.447 e. The second-order valence-corrected chi connectivity index (χ2v) is 6.61. The molecule has 0 bridgehead atoms. The van der Waals surface area contributed by atoms with E-state index in [9.17, 15) is 27.5 Å². The number of amides is 1. The fourth-order valence-corrected chi connectivity index (χ4v) is 2.89. The Hall–Kier alpha value is -3.15. The number of nitrogens with zero attached hydrogens (tertiary/aromatic N) is 3. The van der Waals surface area contributed by atoms with Crippen LogP contribution in [0.2, 0.25) is 0 Å². The Balaban J connectivity index is 1.82. The number of cyclic esters (lactones) is 1. The van der Waals surface area contributed by atoms with E-state index in [0.717, 1.165) is 17.2 Å². The molecule has 162 valence electrons. The van der Waals surface area contributed by atoms with Gasteiger partial charge in [0.15, 0.2) is 11.6 Å². The second-order valence-electron chi connectivity index (χ2n) is 6.61. The number of hydrogen-bond donors (Lipinski definition) is 2. The molecule has 1 aliphatic rings. The van der Waals surface area contributed by atoms with Crippen LogP contribution in [0.3, 0.4) is 0 Å². The van der Waals surface area contributed by atoms with Crippen molar-refractivity contribution in [2.45, 2.75) is 38.4 Å². The lowest BCUT2D eigenvalue weighted by atomic mass is 10.1. The summed E-state index contributed by atoms with van der Waals surface area (Å²) in [6.45, 7) is 2.92. The van der Waals surface area contributed by atoms with Crippen LogP contribution in [0.5, 0.6) is 5.75 Å². The number of aliphatic hydroxyl groups excluding tert-OH is 1. The Morgan fingerprint density at radius 1 is 1.37 bits per heavy atom. The molecule has 1 saturated heterocycles. The molecule has 1 unspecified atom stereocenters. The first-order chi connectivity index (χ1) is 14.0. The molecule has 30 heavy (non-hydrogen) atoms. The number of hydrogen-bond acceptors (Lipinski definition) is 7. The third-order valence-corrected chi connectivity index (χ3v) is 4.35. The average Bonchev–Trinajstić information content (AvgIpc) is 3.03. The number of benzene rings is 1. The molecule has 1 aliphatic heterocycles. The van der Waals surface area contributed by atoms with Crippen LogP contribution in [0.15, 0.2) is 30.5 Å². The zero-order valence-electron chi connectivity index (χ0n) is 15.9. The fourth-order valence-electron chi connectivity index (χ4n) is 2.89. The zero-order valence-corrected chi connectivity index (χ0v) is 15.9. The summed E-state index contributed by atoms with van der Waals surface area (Å²) in [4.78, 5) is 20.7. The van der Waals surface area contributed by atoms with Gasteiger partial charge < -0.3 is 19.9 Å². The number of aliphatic hydroxyl groups is 1. The lowest BCUT2D eigenvalue weighted by molar-refractivity contribution is -0.274. The molecule has 1 aromatic heterocycles. The first kappa shape index (κ1) is 21.6. The van der Waals surface area contributed by atoms with Gasteiger partial charge in [0.05, 0.1) is 18.3 Å². The highest BCUT2D eigenvalue weighted by Crippen LogP contribution is 2.29. The lowest BCUT2D eigenvalue weighted by Gasteiger charge is -2.23. The van der Waals surface area contributed by atoms with Crippen LogP contribution in [0.25, 0.3) is 0 Å². The van der Waals surface area contributed by atoms with Crippen molar-refractivity contribution in [1.82, 2.24) is 9.97 Å². The molecule has 0 spiro atoms. The summed E-state index contributed by atoms with van der Waals surface area (Å²) in [5.74, 6) is -1.76. The van der Waals surface area contributed by atoms with Gasteiger partial charge in [-0.1, -0.05) is 12.1 Å². The van der Waals surface area contributed by atoms with Crippen molar-refractivity contribution in [2.24, 2.45) is 0 Å². The number of nitrogens with one attached hydrogen (secondary N) is 1. The van der Waals surface area contributed by atoms with Crippen LogP contribution in [-0.2, 0) is 4.74 Å². The average molecular weight is 430 g/mol. The number of carbonyl (C=O) groups is 1. The molecule has 2 aromatic rings. The van der Waals surface area contributed by atoms with Gasteiger partial charge in [0.1, 0.15) is 18.4 Å². The normalized spacial score (nSPS) is 18.7. The van der Waals surface area contributed by atoms with E-state index in [2.05, 4.69) is 20.0 Å². The Morgan fingerprint density at radius 3 is 2.77 bits per heavy atom. The summed E-state index contributed by atoms with van der Waals surface area (Å²) in [7, 11) is 0. The molecule has 0 saturated carbocycles. The molecule has 0 aliphatic carbocycles. The number of anilines is 2. The van der Waals surface area contributed by atoms with E-state index in [0.29, 0.717) is 5.56 Å². The number of halogens is 4. The van der Waals surface area contributed by atoms with Crippen molar-refractivity contribution in [3.8, 4) is 5.75 Å². The monoisotopic (exact) mass is 430 g/mol. The maximum absolute atomic E-state index is 14.3. The van der Waals surface area contributed by atoms with Gasteiger partial charge in [-0.25, -0.2) is 19.1 Å². The van der Waals surface area contributed by atoms with Crippen molar-refractivity contribution in [1.29, 1.82) is 0 Å². The molecule has 2 heterocycles. The highest BCUT2D eigenvalue weighted by Gasteiger charge is 2.40. The highest BCUT2D eigenvalue weighted by atomic mass is 19.4. The van der Waals surface area contributed by atoms with Gasteiger partial charge >= 0.3 is 12.5 Å². The van der Waals surface area contributed by atoms with Crippen molar-refractivity contribution in [3.05, 3.63) is 41.8 Å². The van der Waals surface area contributed by atoms with Gasteiger partial charge in [-0.05, 0) is 31.5 Å². The minimum Gasteiger partial charge on any atom is -0.447 e. The van der Waals surface area contributed by atoms with Crippen molar-refractivity contribution >= 4 is 17.9 Å². The summed E-state index contributed by atoms with van der Waals surface area (Å²) >= 11 is 0. The van der Waals surface area contributed by atoms with Crippen LogP contribution in [0.1, 0.15) is 25.5 Å². The Bertz CT molecular complexity index is 925. The highest BCUT2D eigenvalue weighted by molar-refractivity contribution is 5.89. The molecule has 3 atom stereocenters. The van der Waals surface area contributed by atoms with Crippen LogP contribution >= 0.6 is 0 Å². The third kappa shape index (κ3) is 4.87. The van der Waals surface area contributed by atoms with Crippen LogP contribution in [0, 0.1) is 5.82 Å². The van der Waals surface area contributed by atoms with Crippen LogP contribution in [0.4, 0.5) is 34.1 Å². The van der Waals surface area contributed by atoms with E-state index in [1.165, 1.54) is 19.1 Å². The van der Waals surface area contributed by atoms with Crippen LogP contribution < -0.4 is 15.0 Å². The molecule has 1 aromatic carbocycles.